The SMILES string of the molecule is C#CCN(Cc1ccc2nc(C)[nH]c(=O)c2c1)c1ccc(C(=O)N[C@H](CCCN)C(=O)O)cc1. The average Bonchev–Trinajstić information content (AvgIpc) is 2.81. The second-order valence-electron chi connectivity index (χ2n) is 7.91. The number of aryl methyl sites for hydroxylation is 1. The van der Waals surface area contributed by atoms with Crippen molar-refractivity contribution in [2.24, 2.45) is 5.73 Å². The molecule has 9 nitrogen and oxygen atoms in total. The van der Waals surface area contributed by atoms with E-state index in [0.29, 0.717) is 48.3 Å². The smallest absolute Gasteiger partial charge is 0.326 e. The van der Waals surface area contributed by atoms with Crippen LogP contribution in [-0.4, -0.2) is 46.1 Å². The van der Waals surface area contributed by atoms with Crippen molar-refractivity contribution in [3.63, 3.8) is 0 Å². The van der Waals surface area contributed by atoms with E-state index >= 15 is 0 Å². The molecule has 0 bridgehead atoms. The summed E-state index contributed by atoms with van der Waals surface area (Å²) in [5.74, 6) is 1.61. The van der Waals surface area contributed by atoms with Crippen LogP contribution in [0.2, 0.25) is 0 Å². The zero-order valence-corrected chi connectivity index (χ0v) is 18.9. The number of nitrogens with two attached hydrogens (primary N) is 1. The van der Waals surface area contributed by atoms with Crippen molar-refractivity contribution in [1.82, 2.24) is 15.3 Å². The van der Waals surface area contributed by atoms with Crippen molar-refractivity contribution in [3.05, 3.63) is 69.8 Å². The number of rotatable bonds is 10. The van der Waals surface area contributed by atoms with Gasteiger partial charge < -0.3 is 26.0 Å². The Hall–Kier alpha value is -4.16. The Kier molecular flexibility index (Phi) is 8.01. The lowest BCUT2D eigenvalue weighted by molar-refractivity contribution is -0.139. The first-order valence-corrected chi connectivity index (χ1v) is 10.8. The number of carboxylic acids is 1. The number of benzene rings is 2. The van der Waals surface area contributed by atoms with E-state index in [0.717, 1.165) is 11.3 Å². The molecule has 0 unspecified atom stereocenters. The molecule has 0 aliphatic carbocycles. The van der Waals surface area contributed by atoms with Crippen LogP contribution in [0.25, 0.3) is 10.9 Å². The summed E-state index contributed by atoms with van der Waals surface area (Å²) in [7, 11) is 0. The van der Waals surface area contributed by atoms with E-state index < -0.39 is 17.9 Å². The summed E-state index contributed by atoms with van der Waals surface area (Å²) < 4.78 is 0. The molecule has 176 valence electrons. The molecule has 9 heteroatoms. The van der Waals surface area contributed by atoms with Gasteiger partial charge in [-0.3, -0.25) is 9.59 Å². The lowest BCUT2D eigenvalue weighted by Crippen LogP contribution is -2.41. The van der Waals surface area contributed by atoms with Gasteiger partial charge in [0, 0.05) is 17.8 Å². The van der Waals surface area contributed by atoms with E-state index in [1.165, 1.54) is 0 Å². The molecular formula is C25H27N5O4. The molecule has 0 saturated carbocycles. The van der Waals surface area contributed by atoms with Gasteiger partial charge in [-0.15, -0.1) is 6.42 Å². The third-order valence-corrected chi connectivity index (χ3v) is 5.34. The van der Waals surface area contributed by atoms with E-state index in [4.69, 9.17) is 12.2 Å². The fraction of sp³-hybridized carbons (Fsp3) is 0.280. The molecule has 3 aromatic rings. The van der Waals surface area contributed by atoms with E-state index in [2.05, 4.69) is 21.2 Å². The molecule has 34 heavy (non-hydrogen) atoms. The minimum absolute atomic E-state index is 0.200. The summed E-state index contributed by atoms with van der Waals surface area (Å²) in [5, 5.41) is 12.3. The molecule has 0 fully saturated rings. The summed E-state index contributed by atoms with van der Waals surface area (Å²) in [6, 6.07) is 11.2. The van der Waals surface area contributed by atoms with Gasteiger partial charge in [0.05, 0.1) is 17.4 Å². The Morgan fingerprint density at radius 1 is 1.26 bits per heavy atom. The monoisotopic (exact) mass is 461 g/mol. The maximum absolute atomic E-state index is 12.5. The maximum atomic E-state index is 12.5. The lowest BCUT2D eigenvalue weighted by Gasteiger charge is -2.23. The number of aliphatic carboxylic acids is 1. The Labute approximate surface area is 197 Å². The van der Waals surface area contributed by atoms with Crippen LogP contribution in [0.15, 0.2) is 47.3 Å². The van der Waals surface area contributed by atoms with E-state index in [-0.39, 0.29) is 12.0 Å². The normalized spacial score (nSPS) is 11.6. The minimum Gasteiger partial charge on any atom is -0.480 e. The highest BCUT2D eigenvalue weighted by Crippen LogP contribution is 2.20. The molecule has 0 radical (unpaired) electrons. The highest BCUT2D eigenvalue weighted by Gasteiger charge is 2.20. The first kappa shape index (κ1) is 24.5. The van der Waals surface area contributed by atoms with Gasteiger partial charge in [0.15, 0.2) is 0 Å². The highest BCUT2D eigenvalue weighted by atomic mass is 16.4. The first-order valence-electron chi connectivity index (χ1n) is 10.8. The number of nitrogens with one attached hydrogen (secondary N) is 2. The molecule has 3 rings (SSSR count). The molecule has 1 atom stereocenters. The number of aromatic nitrogens is 2. The van der Waals surface area contributed by atoms with Gasteiger partial charge in [0.2, 0.25) is 0 Å². The van der Waals surface area contributed by atoms with Crippen molar-refractivity contribution in [2.45, 2.75) is 32.4 Å². The molecule has 0 aliphatic heterocycles. The number of fused-ring (bicyclic) bond motifs is 1. The molecule has 1 aromatic heterocycles. The zero-order valence-electron chi connectivity index (χ0n) is 18.9. The summed E-state index contributed by atoms with van der Waals surface area (Å²) in [5.41, 5.74) is 7.86. The number of H-pyrrole nitrogens is 1. The first-order chi connectivity index (χ1) is 16.3. The Balaban J connectivity index is 1.77. The molecule has 0 saturated heterocycles. The number of anilines is 1. The molecule has 1 heterocycles. The van der Waals surface area contributed by atoms with Crippen LogP contribution in [0.3, 0.4) is 0 Å². The topological polar surface area (TPSA) is 141 Å². The molecule has 1 amide bonds. The lowest BCUT2D eigenvalue weighted by atomic mass is 10.1. The van der Waals surface area contributed by atoms with Gasteiger partial charge in [-0.05, 0) is 68.3 Å². The van der Waals surface area contributed by atoms with Crippen LogP contribution in [0.5, 0.6) is 0 Å². The van der Waals surface area contributed by atoms with Crippen LogP contribution in [0.4, 0.5) is 5.69 Å². The predicted octanol–water partition coefficient (Wildman–Crippen LogP) is 1.79. The third kappa shape index (κ3) is 5.99. The number of nitrogens with zero attached hydrogens (tertiary/aromatic N) is 2. The second kappa shape index (κ2) is 11.1. The molecular weight excluding hydrogens is 434 g/mol. The highest BCUT2D eigenvalue weighted by molar-refractivity contribution is 5.96. The van der Waals surface area contributed by atoms with Gasteiger partial charge in [-0.1, -0.05) is 12.0 Å². The maximum Gasteiger partial charge on any atom is 0.326 e. The van der Waals surface area contributed by atoms with E-state index in [9.17, 15) is 19.5 Å². The summed E-state index contributed by atoms with van der Waals surface area (Å²) in [4.78, 5) is 45.2. The van der Waals surface area contributed by atoms with E-state index in [1.807, 2.05) is 11.0 Å². The summed E-state index contributed by atoms with van der Waals surface area (Å²) in [6.45, 7) is 2.84. The van der Waals surface area contributed by atoms with Crippen LogP contribution >= 0.6 is 0 Å². The Bertz CT molecular complexity index is 1280. The fourth-order valence-electron chi connectivity index (χ4n) is 3.61. The Morgan fingerprint density at radius 2 is 2.00 bits per heavy atom. The number of amides is 1. The second-order valence-corrected chi connectivity index (χ2v) is 7.91. The minimum atomic E-state index is -1.10. The standard InChI is InChI=1S/C25H27N5O4/c1-3-13-30(15-17-6-11-21-20(14-17)24(32)28-16(2)27-21)19-9-7-18(8-10-19)23(31)29-22(25(33)34)5-4-12-26/h1,6-11,14,22H,4-5,12-13,15,26H2,2H3,(H,29,31)(H,33,34)(H,27,28,32)/t22-/m1/s1. The predicted molar refractivity (Wildman–Crippen MR) is 131 cm³/mol. The number of terminal acetylenes is 1. The molecule has 2 aromatic carbocycles. The van der Waals surface area contributed by atoms with Crippen molar-refractivity contribution < 1.29 is 14.7 Å². The molecule has 0 aliphatic rings. The number of carbonyl (C=O) groups excluding carboxylic acids is 1. The van der Waals surface area contributed by atoms with Crippen LogP contribution < -0.4 is 21.5 Å². The molecule has 0 spiro atoms. The summed E-state index contributed by atoms with van der Waals surface area (Å²) >= 11 is 0. The number of carbonyl (C=O) groups is 2. The quantitative estimate of drug-likeness (QED) is 0.337. The van der Waals surface area contributed by atoms with Crippen LogP contribution in [0.1, 0.15) is 34.6 Å². The van der Waals surface area contributed by atoms with Gasteiger partial charge >= 0.3 is 5.97 Å². The van der Waals surface area contributed by atoms with Crippen molar-refractivity contribution in [1.29, 1.82) is 0 Å². The largest absolute Gasteiger partial charge is 0.480 e. The van der Waals surface area contributed by atoms with Crippen LogP contribution in [0, 0.1) is 19.3 Å². The van der Waals surface area contributed by atoms with Crippen molar-refractivity contribution in [2.75, 3.05) is 18.0 Å². The van der Waals surface area contributed by atoms with Gasteiger partial charge in [-0.2, -0.15) is 0 Å². The fourth-order valence-corrected chi connectivity index (χ4v) is 3.61. The van der Waals surface area contributed by atoms with Gasteiger partial charge in [0.25, 0.3) is 11.5 Å². The average molecular weight is 462 g/mol. The van der Waals surface area contributed by atoms with Crippen LogP contribution in [-0.2, 0) is 11.3 Å². The van der Waals surface area contributed by atoms with Crippen molar-refractivity contribution >= 4 is 28.5 Å². The number of hydrogen-bond acceptors (Lipinski definition) is 6. The summed E-state index contributed by atoms with van der Waals surface area (Å²) in [6.07, 6.45) is 6.32. The third-order valence-electron chi connectivity index (χ3n) is 5.34. The van der Waals surface area contributed by atoms with E-state index in [1.54, 1.807) is 43.3 Å². The van der Waals surface area contributed by atoms with Gasteiger partial charge in [0.1, 0.15) is 11.9 Å². The number of aromatic amines is 1. The zero-order chi connectivity index (χ0) is 24.7. The Morgan fingerprint density at radius 3 is 2.65 bits per heavy atom. The number of hydrogen-bond donors (Lipinski definition) is 4. The molecule has 5 N–H and O–H groups in total. The van der Waals surface area contributed by atoms with Crippen molar-refractivity contribution in [3.8, 4) is 12.3 Å². The van der Waals surface area contributed by atoms with Gasteiger partial charge in [-0.25, -0.2) is 9.78 Å². The number of carboxylic acid groups (broad SMARTS) is 1.